The molecule has 104 valence electrons. The zero-order chi connectivity index (χ0) is 13.4. The highest BCUT2D eigenvalue weighted by Crippen LogP contribution is 2.47. The number of carbonyl (C=O) groups excluding carboxylic acids is 1. The lowest BCUT2D eigenvalue weighted by Gasteiger charge is -2.40. The van der Waals surface area contributed by atoms with Gasteiger partial charge in [0.25, 0.3) is 0 Å². The minimum Gasteiger partial charge on any atom is -0.390 e. The molecule has 1 saturated heterocycles. The van der Waals surface area contributed by atoms with Gasteiger partial charge in [-0.25, -0.2) is 0 Å². The summed E-state index contributed by atoms with van der Waals surface area (Å²) in [4.78, 5) is 11.7. The molecule has 1 amide bonds. The number of hydrogen-bond donors (Lipinski definition) is 2. The van der Waals surface area contributed by atoms with Crippen molar-refractivity contribution >= 4 is 5.91 Å². The van der Waals surface area contributed by atoms with Gasteiger partial charge < -0.3 is 10.4 Å². The van der Waals surface area contributed by atoms with Gasteiger partial charge in [-0.05, 0) is 38.5 Å². The molecule has 0 bridgehead atoms. The average Bonchev–Trinajstić information content (AvgIpc) is 2.63. The molecule has 0 radical (unpaired) electrons. The third kappa shape index (κ3) is 2.79. The monoisotopic (exact) mass is 265 g/mol. The summed E-state index contributed by atoms with van der Waals surface area (Å²) in [5.74, 6) is 0.000344. The molecule has 1 aliphatic heterocycles. The minimum absolute atomic E-state index is 0.000344. The molecule has 6 heteroatoms. The third-order valence-corrected chi connectivity index (χ3v) is 4.38. The Bertz CT molecular complexity index is 333. The van der Waals surface area contributed by atoms with Gasteiger partial charge in [0, 0.05) is 13.0 Å². The highest BCUT2D eigenvalue weighted by Gasteiger charge is 2.49. The standard InChI is InChI=1S/C12H18F3NO2/c13-12(14,15)6-5-11(18)3-1-10(2-4-11)7-8-16-9(10)17/h18H,1-8H2,(H,16,17). The van der Waals surface area contributed by atoms with Crippen molar-refractivity contribution in [1.82, 2.24) is 5.32 Å². The summed E-state index contributed by atoms with van der Waals surface area (Å²) in [6.45, 7) is 0.639. The molecule has 2 rings (SSSR count). The van der Waals surface area contributed by atoms with Crippen LogP contribution in [0.3, 0.4) is 0 Å². The van der Waals surface area contributed by atoms with E-state index in [2.05, 4.69) is 5.32 Å². The average molecular weight is 265 g/mol. The summed E-state index contributed by atoms with van der Waals surface area (Å²) in [6, 6.07) is 0. The SMILES string of the molecule is O=C1NCCC12CCC(O)(CCC(F)(F)F)CC2. The molecule has 2 aliphatic rings. The van der Waals surface area contributed by atoms with Crippen molar-refractivity contribution in [2.45, 2.75) is 56.7 Å². The summed E-state index contributed by atoms with van der Waals surface area (Å²) in [7, 11) is 0. The molecule has 0 unspecified atom stereocenters. The maximum absolute atomic E-state index is 12.2. The lowest BCUT2D eigenvalue weighted by atomic mass is 9.67. The van der Waals surface area contributed by atoms with Gasteiger partial charge in [0.2, 0.25) is 5.91 Å². The van der Waals surface area contributed by atoms with Crippen molar-refractivity contribution in [1.29, 1.82) is 0 Å². The quantitative estimate of drug-likeness (QED) is 0.803. The van der Waals surface area contributed by atoms with Crippen molar-refractivity contribution in [3.8, 4) is 0 Å². The van der Waals surface area contributed by atoms with Crippen LogP contribution in [0.4, 0.5) is 13.2 Å². The first-order chi connectivity index (χ1) is 8.25. The van der Waals surface area contributed by atoms with Gasteiger partial charge in [-0.15, -0.1) is 0 Å². The van der Waals surface area contributed by atoms with Crippen molar-refractivity contribution in [2.75, 3.05) is 6.54 Å². The van der Waals surface area contributed by atoms with Crippen molar-refractivity contribution in [3.05, 3.63) is 0 Å². The molecule has 3 nitrogen and oxygen atoms in total. The Morgan fingerprint density at radius 2 is 1.78 bits per heavy atom. The van der Waals surface area contributed by atoms with Crippen LogP contribution >= 0.6 is 0 Å². The molecule has 0 aromatic heterocycles. The van der Waals surface area contributed by atoms with E-state index in [1.54, 1.807) is 0 Å². The molecule has 2 fully saturated rings. The van der Waals surface area contributed by atoms with Crippen LogP contribution in [0.25, 0.3) is 0 Å². The number of alkyl halides is 3. The molecular formula is C12H18F3NO2. The molecule has 1 aliphatic carbocycles. The van der Waals surface area contributed by atoms with Crippen LogP contribution in [0.15, 0.2) is 0 Å². The summed E-state index contributed by atoms with van der Waals surface area (Å²) >= 11 is 0. The van der Waals surface area contributed by atoms with E-state index in [0.29, 0.717) is 19.4 Å². The number of nitrogens with one attached hydrogen (secondary N) is 1. The smallest absolute Gasteiger partial charge is 0.389 e. The molecule has 1 saturated carbocycles. The minimum atomic E-state index is -4.23. The summed E-state index contributed by atoms with van der Waals surface area (Å²) in [6.07, 6.45) is -3.14. The van der Waals surface area contributed by atoms with E-state index in [-0.39, 0.29) is 25.2 Å². The fraction of sp³-hybridized carbons (Fsp3) is 0.917. The van der Waals surface area contributed by atoms with Crippen LogP contribution in [0, 0.1) is 5.41 Å². The van der Waals surface area contributed by atoms with Gasteiger partial charge in [0.1, 0.15) is 0 Å². The van der Waals surface area contributed by atoms with Crippen LogP contribution < -0.4 is 5.32 Å². The zero-order valence-electron chi connectivity index (χ0n) is 10.1. The van der Waals surface area contributed by atoms with E-state index < -0.39 is 23.6 Å². The predicted molar refractivity (Wildman–Crippen MR) is 58.8 cm³/mol. The molecule has 0 aromatic rings. The maximum Gasteiger partial charge on any atom is 0.389 e. The largest absolute Gasteiger partial charge is 0.390 e. The zero-order valence-corrected chi connectivity index (χ0v) is 10.1. The Morgan fingerprint density at radius 1 is 1.17 bits per heavy atom. The number of aliphatic hydroxyl groups is 1. The first kappa shape index (κ1) is 13.6. The summed E-state index contributed by atoms with van der Waals surface area (Å²) in [5, 5.41) is 12.9. The Kier molecular flexibility index (Phi) is 3.34. The number of amides is 1. The molecule has 0 atom stereocenters. The van der Waals surface area contributed by atoms with E-state index in [1.165, 1.54) is 0 Å². The molecule has 1 heterocycles. The fourth-order valence-corrected chi connectivity index (χ4v) is 3.01. The Hall–Kier alpha value is -0.780. The second-order valence-corrected chi connectivity index (χ2v) is 5.63. The maximum atomic E-state index is 12.2. The van der Waals surface area contributed by atoms with Crippen LogP contribution in [0.2, 0.25) is 0 Å². The fourth-order valence-electron chi connectivity index (χ4n) is 3.01. The first-order valence-corrected chi connectivity index (χ1v) is 6.32. The highest BCUT2D eigenvalue weighted by atomic mass is 19.4. The van der Waals surface area contributed by atoms with Crippen molar-refractivity contribution in [2.24, 2.45) is 5.41 Å². The number of halogens is 3. The topological polar surface area (TPSA) is 49.3 Å². The number of carbonyl (C=O) groups is 1. The van der Waals surface area contributed by atoms with Crippen molar-refractivity contribution < 1.29 is 23.1 Å². The van der Waals surface area contributed by atoms with Crippen LogP contribution in [0.5, 0.6) is 0 Å². The highest BCUT2D eigenvalue weighted by molar-refractivity contribution is 5.84. The Balaban J connectivity index is 1.91. The van der Waals surface area contributed by atoms with E-state index in [1.807, 2.05) is 0 Å². The van der Waals surface area contributed by atoms with E-state index in [0.717, 1.165) is 6.42 Å². The molecule has 1 spiro atoms. The summed E-state index contributed by atoms with van der Waals surface area (Å²) < 4.78 is 36.5. The van der Waals surface area contributed by atoms with Gasteiger partial charge in [-0.1, -0.05) is 0 Å². The van der Waals surface area contributed by atoms with Gasteiger partial charge in [0.15, 0.2) is 0 Å². The van der Waals surface area contributed by atoms with Crippen LogP contribution in [-0.4, -0.2) is 29.3 Å². The normalized spacial score (nSPS) is 37.0. The van der Waals surface area contributed by atoms with Gasteiger partial charge in [-0.3, -0.25) is 4.79 Å². The molecule has 18 heavy (non-hydrogen) atoms. The molecule has 2 N–H and O–H groups in total. The van der Waals surface area contributed by atoms with Crippen molar-refractivity contribution in [3.63, 3.8) is 0 Å². The van der Waals surface area contributed by atoms with Gasteiger partial charge >= 0.3 is 6.18 Å². The second kappa shape index (κ2) is 4.40. The lowest BCUT2D eigenvalue weighted by molar-refractivity contribution is -0.154. The summed E-state index contributed by atoms with van der Waals surface area (Å²) in [5.41, 5.74) is -1.67. The van der Waals surface area contributed by atoms with E-state index in [9.17, 15) is 23.1 Å². The second-order valence-electron chi connectivity index (χ2n) is 5.63. The number of hydrogen-bond acceptors (Lipinski definition) is 2. The van der Waals surface area contributed by atoms with Gasteiger partial charge in [-0.2, -0.15) is 13.2 Å². The molecule has 0 aromatic carbocycles. The van der Waals surface area contributed by atoms with Gasteiger partial charge in [0.05, 0.1) is 11.0 Å². The third-order valence-electron chi connectivity index (χ3n) is 4.38. The number of rotatable bonds is 2. The lowest BCUT2D eigenvalue weighted by Crippen LogP contribution is -2.43. The predicted octanol–water partition coefficient (Wildman–Crippen LogP) is 2.14. The first-order valence-electron chi connectivity index (χ1n) is 6.32. The van der Waals surface area contributed by atoms with Crippen LogP contribution in [0.1, 0.15) is 44.9 Å². The van der Waals surface area contributed by atoms with Crippen LogP contribution in [-0.2, 0) is 4.79 Å². The van der Waals surface area contributed by atoms with E-state index in [4.69, 9.17) is 0 Å². The molecular weight excluding hydrogens is 247 g/mol. The Morgan fingerprint density at radius 3 is 2.22 bits per heavy atom. The van der Waals surface area contributed by atoms with E-state index >= 15 is 0 Å². The Labute approximate surface area is 104 Å².